The monoisotopic (exact) mass is 606 g/mol. The number of imide groups is 1. The Labute approximate surface area is 258 Å². The molecule has 0 radical (unpaired) electrons. The van der Waals surface area contributed by atoms with Crippen molar-refractivity contribution in [1.82, 2.24) is 20.6 Å². The second-order valence-electron chi connectivity index (χ2n) is 10.5. The third kappa shape index (κ3) is 5.88. The Balaban J connectivity index is 1.32. The van der Waals surface area contributed by atoms with Gasteiger partial charge in [0, 0.05) is 10.4 Å². The zero-order valence-electron chi connectivity index (χ0n) is 23.9. The van der Waals surface area contributed by atoms with Crippen molar-refractivity contribution in [3.8, 4) is 11.6 Å². The predicted molar refractivity (Wildman–Crippen MR) is 165 cm³/mol. The molecule has 0 saturated carbocycles. The minimum atomic E-state index is -0.654. The molecule has 9 nitrogen and oxygen atoms in total. The van der Waals surface area contributed by atoms with Gasteiger partial charge in [0.25, 0.3) is 23.6 Å². The summed E-state index contributed by atoms with van der Waals surface area (Å²) < 4.78 is 6.01. The summed E-state index contributed by atoms with van der Waals surface area (Å²) in [4.78, 5) is 45.8. The SMILES string of the molecule is Cc1ccc(CC(CON2C(=O)c3ccccc3C2=O)NC(=O)c2c(Oc3cccc(Cl)c3)nnc3ccccc23)c(C)c1. The molecule has 1 aromatic heterocycles. The van der Waals surface area contributed by atoms with Crippen molar-refractivity contribution < 1.29 is 24.0 Å². The van der Waals surface area contributed by atoms with Crippen molar-refractivity contribution in [2.45, 2.75) is 26.3 Å². The summed E-state index contributed by atoms with van der Waals surface area (Å²) in [6.45, 7) is 3.83. The summed E-state index contributed by atoms with van der Waals surface area (Å²) in [5.41, 5.74) is 4.32. The Kier molecular flexibility index (Phi) is 8.06. The smallest absolute Gasteiger partial charge is 0.285 e. The second kappa shape index (κ2) is 12.2. The van der Waals surface area contributed by atoms with E-state index in [0.717, 1.165) is 21.8 Å². The fraction of sp³-hybridized carbons (Fsp3) is 0.147. The van der Waals surface area contributed by atoms with Crippen molar-refractivity contribution >= 4 is 40.2 Å². The molecule has 220 valence electrons. The van der Waals surface area contributed by atoms with Crippen molar-refractivity contribution in [1.29, 1.82) is 0 Å². The lowest BCUT2D eigenvalue weighted by atomic mass is 9.99. The highest BCUT2D eigenvalue weighted by Gasteiger charge is 2.37. The minimum absolute atomic E-state index is 0.00463. The van der Waals surface area contributed by atoms with Gasteiger partial charge in [-0.05, 0) is 67.8 Å². The molecule has 1 aliphatic heterocycles. The van der Waals surface area contributed by atoms with E-state index in [2.05, 4.69) is 21.6 Å². The molecule has 44 heavy (non-hydrogen) atoms. The fourth-order valence-electron chi connectivity index (χ4n) is 5.17. The Bertz CT molecular complexity index is 1890. The van der Waals surface area contributed by atoms with E-state index in [0.29, 0.717) is 28.1 Å². The van der Waals surface area contributed by atoms with Crippen LogP contribution in [-0.4, -0.2) is 45.6 Å². The Morgan fingerprint density at radius 1 is 0.886 bits per heavy atom. The molecule has 0 fully saturated rings. The number of halogens is 1. The van der Waals surface area contributed by atoms with Crippen molar-refractivity contribution in [2.75, 3.05) is 6.61 Å². The van der Waals surface area contributed by atoms with Crippen LogP contribution in [0.25, 0.3) is 10.9 Å². The summed E-state index contributed by atoms with van der Waals surface area (Å²) >= 11 is 6.15. The number of ether oxygens (including phenoxy) is 1. The number of amides is 3. The van der Waals surface area contributed by atoms with E-state index in [-0.39, 0.29) is 29.2 Å². The first-order chi connectivity index (χ1) is 21.3. The number of hydrogen-bond donors (Lipinski definition) is 1. The van der Waals surface area contributed by atoms with Crippen LogP contribution in [0.5, 0.6) is 11.6 Å². The quantitative estimate of drug-likeness (QED) is 0.197. The third-order valence-electron chi connectivity index (χ3n) is 7.33. The zero-order valence-corrected chi connectivity index (χ0v) is 24.7. The first kappa shape index (κ1) is 29.0. The molecule has 0 spiro atoms. The first-order valence-electron chi connectivity index (χ1n) is 13.9. The highest BCUT2D eigenvalue weighted by molar-refractivity contribution is 6.30. The van der Waals surface area contributed by atoms with Gasteiger partial charge in [-0.2, -0.15) is 0 Å². The van der Waals surface area contributed by atoms with E-state index in [4.69, 9.17) is 21.2 Å². The molecule has 1 N–H and O–H groups in total. The summed E-state index contributed by atoms with van der Waals surface area (Å²) in [6, 6.07) is 25.8. The number of hydroxylamine groups is 2. The second-order valence-corrected chi connectivity index (χ2v) is 10.9. The molecule has 0 bridgehead atoms. The van der Waals surface area contributed by atoms with Gasteiger partial charge in [-0.3, -0.25) is 19.2 Å². The van der Waals surface area contributed by atoms with E-state index >= 15 is 0 Å². The van der Waals surface area contributed by atoms with Crippen LogP contribution < -0.4 is 10.1 Å². The largest absolute Gasteiger partial charge is 0.437 e. The number of hydrogen-bond acceptors (Lipinski definition) is 7. The molecule has 3 amide bonds. The van der Waals surface area contributed by atoms with Crippen molar-refractivity contribution in [2.24, 2.45) is 0 Å². The van der Waals surface area contributed by atoms with Crippen LogP contribution >= 0.6 is 11.6 Å². The van der Waals surface area contributed by atoms with E-state index in [9.17, 15) is 14.4 Å². The van der Waals surface area contributed by atoms with Gasteiger partial charge in [0.1, 0.15) is 11.3 Å². The maximum Gasteiger partial charge on any atom is 0.285 e. The first-order valence-corrected chi connectivity index (χ1v) is 14.3. The molecule has 1 unspecified atom stereocenters. The van der Waals surface area contributed by atoms with Crippen LogP contribution in [0, 0.1) is 13.8 Å². The molecule has 2 heterocycles. The number of benzene rings is 4. The number of nitrogens with one attached hydrogen (secondary N) is 1. The molecule has 0 aliphatic carbocycles. The van der Waals surface area contributed by atoms with Gasteiger partial charge in [-0.1, -0.05) is 71.8 Å². The van der Waals surface area contributed by atoms with Crippen molar-refractivity contribution in [3.63, 3.8) is 0 Å². The Morgan fingerprint density at radius 2 is 1.61 bits per heavy atom. The summed E-state index contributed by atoms with van der Waals surface area (Å²) in [6.07, 6.45) is 0.363. The predicted octanol–water partition coefficient (Wildman–Crippen LogP) is 6.26. The average molecular weight is 607 g/mol. The number of rotatable bonds is 9. The molecule has 1 atom stereocenters. The Hall–Kier alpha value is -5.12. The van der Waals surface area contributed by atoms with Gasteiger partial charge in [-0.25, -0.2) is 0 Å². The maximum atomic E-state index is 14.1. The van der Waals surface area contributed by atoms with Crippen molar-refractivity contribution in [3.05, 3.63) is 129 Å². The molecular formula is C34H27ClN4O5. The number of aromatic nitrogens is 2. The lowest BCUT2D eigenvalue weighted by Gasteiger charge is -2.23. The molecule has 0 saturated heterocycles. The average Bonchev–Trinajstić information content (AvgIpc) is 3.25. The number of fused-ring (bicyclic) bond motifs is 2. The van der Waals surface area contributed by atoms with E-state index in [1.807, 2.05) is 26.0 Å². The zero-order chi connectivity index (χ0) is 30.8. The van der Waals surface area contributed by atoms with E-state index < -0.39 is 23.8 Å². The summed E-state index contributed by atoms with van der Waals surface area (Å²) in [7, 11) is 0. The van der Waals surface area contributed by atoms with Crippen LogP contribution in [0.2, 0.25) is 5.02 Å². The molecule has 6 rings (SSSR count). The highest BCUT2D eigenvalue weighted by Crippen LogP contribution is 2.30. The van der Waals surface area contributed by atoms with Gasteiger partial charge < -0.3 is 10.1 Å². The number of carbonyl (C=O) groups is 3. The molecule has 10 heteroatoms. The fourth-order valence-corrected chi connectivity index (χ4v) is 5.35. The highest BCUT2D eigenvalue weighted by atomic mass is 35.5. The van der Waals surface area contributed by atoms with Crippen LogP contribution in [-0.2, 0) is 11.3 Å². The third-order valence-corrected chi connectivity index (χ3v) is 7.57. The number of nitrogens with zero attached hydrogens (tertiary/aromatic N) is 3. The van der Waals surface area contributed by atoms with Gasteiger partial charge >= 0.3 is 0 Å². The maximum absolute atomic E-state index is 14.1. The summed E-state index contributed by atoms with van der Waals surface area (Å²) in [5.74, 6) is -1.21. The van der Waals surface area contributed by atoms with E-state index in [1.54, 1.807) is 72.8 Å². The van der Waals surface area contributed by atoms with Gasteiger partial charge in [-0.15, -0.1) is 15.3 Å². The Morgan fingerprint density at radius 3 is 2.34 bits per heavy atom. The molecule has 5 aromatic rings. The normalized spacial score (nSPS) is 13.2. The minimum Gasteiger partial charge on any atom is -0.437 e. The van der Waals surface area contributed by atoms with Gasteiger partial charge in [0.15, 0.2) is 0 Å². The lowest BCUT2D eigenvalue weighted by molar-refractivity contribution is -0.0968. The van der Waals surface area contributed by atoms with Crippen LogP contribution in [0.3, 0.4) is 0 Å². The standard InChI is InChI=1S/C34H27ClN4O5/c1-20-14-15-22(21(2)16-20)17-24(19-43-39-33(41)26-10-3-4-11-27(26)34(39)42)36-31(40)30-28-12-5-6-13-29(28)37-38-32(30)44-25-9-7-8-23(35)18-25/h3-16,18,24H,17,19H2,1-2H3,(H,36,40). The van der Waals surface area contributed by atoms with Gasteiger partial charge in [0.05, 0.1) is 29.3 Å². The number of carbonyl (C=O) groups excluding carboxylic acids is 3. The van der Waals surface area contributed by atoms with E-state index in [1.165, 1.54) is 0 Å². The molecule has 1 aliphatic rings. The lowest BCUT2D eigenvalue weighted by Crippen LogP contribution is -2.43. The van der Waals surface area contributed by atoms with Crippen LogP contribution in [0.1, 0.15) is 47.8 Å². The van der Waals surface area contributed by atoms with Gasteiger partial charge in [0.2, 0.25) is 0 Å². The summed E-state index contributed by atoms with van der Waals surface area (Å²) in [5, 5.41) is 13.2. The van der Waals surface area contributed by atoms with Crippen LogP contribution in [0.15, 0.2) is 91.0 Å². The molecular weight excluding hydrogens is 580 g/mol. The topological polar surface area (TPSA) is 111 Å². The van der Waals surface area contributed by atoms with Crippen LogP contribution in [0.4, 0.5) is 0 Å². The number of aryl methyl sites for hydroxylation is 2. The molecule has 4 aromatic carbocycles.